The van der Waals surface area contributed by atoms with Crippen molar-refractivity contribution in [2.24, 2.45) is 4.99 Å². The van der Waals surface area contributed by atoms with Gasteiger partial charge in [-0.15, -0.1) is 24.0 Å². The van der Waals surface area contributed by atoms with Crippen LogP contribution in [0, 0.1) is 0 Å². The zero-order valence-electron chi connectivity index (χ0n) is 15.9. The van der Waals surface area contributed by atoms with Crippen molar-refractivity contribution < 1.29 is 0 Å². The summed E-state index contributed by atoms with van der Waals surface area (Å²) in [6, 6.07) is 10.8. The molecule has 0 aromatic heterocycles. The number of para-hydroxylation sites is 1. The highest BCUT2D eigenvalue weighted by molar-refractivity contribution is 14.0. The number of nitrogens with zero attached hydrogens (tertiary/aromatic N) is 3. The third-order valence-corrected chi connectivity index (χ3v) is 5.84. The predicted octanol–water partition coefficient (Wildman–Crippen LogP) is 2.46. The lowest BCUT2D eigenvalue weighted by atomic mass is 10.1. The van der Waals surface area contributed by atoms with Gasteiger partial charge in [-0.25, -0.2) is 0 Å². The molecular formula is C20H32IN5. The summed E-state index contributed by atoms with van der Waals surface area (Å²) in [4.78, 5) is 9.57. The van der Waals surface area contributed by atoms with E-state index >= 15 is 0 Å². The molecule has 2 fully saturated rings. The van der Waals surface area contributed by atoms with E-state index in [1.54, 1.807) is 0 Å². The first kappa shape index (κ1) is 19.7. The van der Waals surface area contributed by atoms with Crippen LogP contribution in [-0.2, 0) is 6.42 Å². The number of hydrogen-bond acceptors (Lipinski definition) is 3. The Hall–Kier alpha value is -1.02. The molecule has 4 rings (SSSR count). The van der Waals surface area contributed by atoms with Crippen LogP contribution in [0.25, 0.3) is 0 Å². The zero-order chi connectivity index (χ0) is 17.2. The summed E-state index contributed by atoms with van der Waals surface area (Å²) in [5.74, 6) is 0.947. The molecule has 1 aromatic carbocycles. The molecule has 0 radical (unpaired) electrons. The van der Waals surface area contributed by atoms with E-state index in [-0.39, 0.29) is 24.0 Å². The van der Waals surface area contributed by atoms with E-state index in [4.69, 9.17) is 0 Å². The molecule has 2 N–H and O–H groups in total. The van der Waals surface area contributed by atoms with Gasteiger partial charge in [-0.2, -0.15) is 0 Å². The maximum absolute atomic E-state index is 4.42. The van der Waals surface area contributed by atoms with Gasteiger partial charge in [-0.05, 0) is 44.2 Å². The quantitative estimate of drug-likeness (QED) is 0.395. The van der Waals surface area contributed by atoms with E-state index in [1.165, 1.54) is 43.6 Å². The fourth-order valence-corrected chi connectivity index (χ4v) is 4.33. The Labute approximate surface area is 174 Å². The van der Waals surface area contributed by atoms with Crippen LogP contribution >= 0.6 is 24.0 Å². The van der Waals surface area contributed by atoms with Crippen LogP contribution in [0.1, 0.15) is 31.7 Å². The van der Waals surface area contributed by atoms with Gasteiger partial charge >= 0.3 is 0 Å². The number of aliphatic imine (C=N–C) groups is 1. The minimum Gasteiger partial charge on any atom is -0.367 e. The maximum Gasteiger partial charge on any atom is 0.191 e. The molecule has 2 heterocycles. The number of rotatable bonds is 5. The average molecular weight is 469 g/mol. The van der Waals surface area contributed by atoms with Gasteiger partial charge in [0.05, 0.1) is 0 Å². The SMILES string of the molecule is CN=C(NCCN1c2ccccc2CC1C)NC1CCN(C2CC2)C1.I. The van der Waals surface area contributed by atoms with Crippen LogP contribution in [0.15, 0.2) is 29.3 Å². The molecule has 6 heteroatoms. The van der Waals surface area contributed by atoms with E-state index < -0.39 is 0 Å². The summed E-state index contributed by atoms with van der Waals surface area (Å²) in [7, 11) is 1.87. The average Bonchev–Trinajstić information content (AvgIpc) is 3.29. The molecule has 144 valence electrons. The zero-order valence-corrected chi connectivity index (χ0v) is 18.3. The number of anilines is 1. The van der Waals surface area contributed by atoms with Gasteiger partial charge in [0, 0.05) is 57.0 Å². The van der Waals surface area contributed by atoms with Crippen LogP contribution in [0.3, 0.4) is 0 Å². The molecule has 0 bridgehead atoms. The summed E-state index contributed by atoms with van der Waals surface area (Å²) in [5, 5.41) is 7.13. The highest BCUT2D eigenvalue weighted by Gasteiger charge is 2.34. The Kier molecular flexibility index (Phi) is 6.66. The van der Waals surface area contributed by atoms with E-state index in [2.05, 4.69) is 56.6 Å². The van der Waals surface area contributed by atoms with Crippen molar-refractivity contribution in [1.82, 2.24) is 15.5 Å². The standard InChI is InChI=1S/C20H31N5.HI/c1-15-13-16-5-3-4-6-19(16)25(15)12-10-22-20(21-2)23-17-9-11-24(14-17)18-7-8-18;/h3-6,15,17-18H,7-14H2,1-2H3,(H2,21,22,23);1H. The molecule has 2 atom stereocenters. The molecule has 26 heavy (non-hydrogen) atoms. The molecule has 1 saturated carbocycles. The molecule has 5 nitrogen and oxygen atoms in total. The topological polar surface area (TPSA) is 42.9 Å². The molecule has 2 aliphatic heterocycles. The molecule has 0 amide bonds. The largest absolute Gasteiger partial charge is 0.367 e. The summed E-state index contributed by atoms with van der Waals surface area (Å²) in [5.41, 5.74) is 2.87. The van der Waals surface area contributed by atoms with Crippen molar-refractivity contribution in [3.05, 3.63) is 29.8 Å². The lowest BCUT2D eigenvalue weighted by Crippen LogP contribution is -2.47. The number of fused-ring (bicyclic) bond motifs is 1. The molecule has 3 aliphatic rings. The number of halogens is 1. The van der Waals surface area contributed by atoms with Crippen molar-refractivity contribution in [2.75, 3.05) is 38.1 Å². The number of hydrogen-bond donors (Lipinski definition) is 2. The summed E-state index contributed by atoms with van der Waals surface area (Å²) in [6.45, 7) is 6.65. The van der Waals surface area contributed by atoms with Gasteiger partial charge in [0.1, 0.15) is 0 Å². The molecular weight excluding hydrogens is 437 g/mol. The van der Waals surface area contributed by atoms with Gasteiger partial charge in [0.15, 0.2) is 5.96 Å². The van der Waals surface area contributed by atoms with Gasteiger partial charge in [0.25, 0.3) is 0 Å². The molecule has 1 aromatic rings. The summed E-state index contributed by atoms with van der Waals surface area (Å²) < 4.78 is 0. The highest BCUT2D eigenvalue weighted by Crippen LogP contribution is 2.31. The monoisotopic (exact) mass is 469 g/mol. The Morgan fingerprint density at radius 1 is 1.23 bits per heavy atom. The Morgan fingerprint density at radius 2 is 2.04 bits per heavy atom. The Balaban J connectivity index is 0.00000196. The fourth-order valence-electron chi connectivity index (χ4n) is 4.33. The number of guanidine groups is 1. The van der Waals surface area contributed by atoms with Crippen molar-refractivity contribution in [1.29, 1.82) is 0 Å². The van der Waals surface area contributed by atoms with Crippen molar-refractivity contribution in [3.8, 4) is 0 Å². The summed E-state index contributed by atoms with van der Waals surface area (Å²) >= 11 is 0. The van der Waals surface area contributed by atoms with Gasteiger partial charge < -0.3 is 15.5 Å². The Bertz CT molecular complexity index is 630. The molecule has 2 unspecified atom stereocenters. The van der Waals surface area contributed by atoms with E-state index in [9.17, 15) is 0 Å². The number of likely N-dealkylation sites (tertiary alicyclic amines) is 1. The van der Waals surface area contributed by atoms with Crippen LogP contribution in [0.2, 0.25) is 0 Å². The van der Waals surface area contributed by atoms with Gasteiger partial charge in [-0.3, -0.25) is 9.89 Å². The van der Waals surface area contributed by atoms with Crippen LogP contribution in [-0.4, -0.2) is 62.2 Å². The normalized spacial score (nSPS) is 25.8. The van der Waals surface area contributed by atoms with E-state index in [0.29, 0.717) is 12.1 Å². The van der Waals surface area contributed by atoms with Crippen LogP contribution < -0.4 is 15.5 Å². The first-order valence-corrected chi connectivity index (χ1v) is 9.80. The van der Waals surface area contributed by atoms with E-state index in [1.807, 2.05) is 7.05 Å². The highest BCUT2D eigenvalue weighted by atomic mass is 127. The van der Waals surface area contributed by atoms with Gasteiger partial charge in [0.2, 0.25) is 0 Å². The summed E-state index contributed by atoms with van der Waals surface area (Å²) in [6.07, 6.45) is 5.18. The minimum atomic E-state index is 0. The molecule has 1 aliphatic carbocycles. The lowest BCUT2D eigenvalue weighted by molar-refractivity contribution is 0.321. The van der Waals surface area contributed by atoms with Crippen molar-refractivity contribution in [2.45, 2.75) is 50.7 Å². The Morgan fingerprint density at radius 3 is 2.81 bits per heavy atom. The minimum absolute atomic E-state index is 0. The van der Waals surface area contributed by atoms with Crippen molar-refractivity contribution in [3.63, 3.8) is 0 Å². The number of benzene rings is 1. The van der Waals surface area contributed by atoms with Crippen LogP contribution in [0.5, 0.6) is 0 Å². The fraction of sp³-hybridized carbons (Fsp3) is 0.650. The van der Waals surface area contributed by atoms with Crippen molar-refractivity contribution >= 4 is 35.6 Å². The molecule has 1 saturated heterocycles. The second kappa shape index (κ2) is 8.78. The predicted molar refractivity (Wildman–Crippen MR) is 120 cm³/mol. The number of nitrogens with one attached hydrogen (secondary N) is 2. The van der Waals surface area contributed by atoms with Crippen LogP contribution in [0.4, 0.5) is 5.69 Å². The van der Waals surface area contributed by atoms with E-state index in [0.717, 1.165) is 31.5 Å². The third kappa shape index (κ3) is 4.44. The molecule has 0 spiro atoms. The second-order valence-corrected chi connectivity index (χ2v) is 7.73. The smallest absolute Gasteiger partial charge is 0.191 e. The first-order valence-electron chi connectivity index (χ1n) is 9.80. The maximum atomic E-state index is 4.42. The first-order chi connectivity index (χ1) is 12.2. The van der Waals surface area contributed by atoms with Gasteiger partial charge in [-0.1, -0.05) is 18.2 Å². The third-order valence-electron chi connectivity index (χ3n) is 5.84. The lowest BCUT2D eigenvalue weighted by Gasteiger charge is -2.26. The second-order valence-electron chi connectivity index (χ2n) is 7.73.